The highest BCUT2D eigenvalue weighted by atomic mass is 32.1. The molecular formula is C18H16N4O3S. The molecule has 0 aliphatic rings. The van der Waals surface area contributed by atoms with Gasteiger partial charge in [0.15, 0.2) is 0 Å². The second kappa shape index (κ2) is 7.75. The van der Waals surface area contributed by atoms with Gasteiger partial charge < -0.3 is 10.6 Å². The molecule has 26 heavy (non-hydrogen) atoms. The number of carbonyl (C=O) groups is 1. The first-order valence-corrected chi connectivity index (χ1v) is 8.80. The van der Waals surface area contributed by atoms with E-state index < -0.39 is 10.8 Å². The molecule has 0 atom stereocenters. The number of thiazole rings is 1. The average molecular weight is 368 g/mol. The Morgan fingerprint density at radius 3 is 2.62 bits per heavy atom. The Kier molecular flexibility index (Phi) is 5.23. The van der Waals surface area contributed by atoms with Gasteiger partial charge in [0.05, 0.1) is 4.92 Å². The van der Waals surface area contributed by atoms with Crippen molar-refractivity contribution in [2.45, 2.75) is 6.92 Å². The number of hydrogen-bond acceptors (Lipinski definition) is 6. The third-order valence-corrected chi connectivity index (χ3v) is 4.47. The highest BCUT2D eigenvalue weighted by molar-refractivity contribution is 7.13. The summed E-state index contributed by atoms with van der Waals surface area (Å²) in [5.74, 6) is -0.404. The SMILES string of the molecule is CCNc1ccc(C(=O)Nc2ccc(-c3nccs3)cc2)cc1[N+](=O)[O-]. The minimum Gasteiger partial charge on any atom is -0.380 e. The Bertz CT molecular complexity index is 924. The Labute approximate surface area is 153 Å². The Morgan fingerprint density at radius 2 is 2.00 bits per heavy atom. The fourth-order valence-corrected chi connectivity index (χ4v) is 3.07. The highest BCUT2D eigenvalue weighted by Crippen LogP contribution is 2.27. The molecule has 0 saturated heterocycles. The van der Waals surface area contributed by atoms with E-state index in [-0.39, 0.29) is 11.3 Å². The second-order valence-electron chi connectivity index (χ2n) is 5.39. The molecule has 3 aromatic rings. The summed E-state index contributed by atoms with van der Waals surface area (Å²) < 4.78 is 0. The lowest BCUT2D eigenvalue weighted by atomic mass is 10.1. The lowest BCUT2D eigenvalue weighted by molar-refractivity contribution is -0.384. The van der Waals surface area contributed by atoms with Crippen molar-refractivity contribution in [3.63, 3.8) is 0 Å². The molecule has 0 bridgehead atoms. The van der Waals surface area contributed by atoms with Gasteiger partial charge in [0.25, 0.3) is 11.6 Å². The lowest BCUT2D eigenvalue weighted by Crippen LogP contribution is -2.12. The number of nitrogens with one attached hydrogen (secondary N) is 2. The molecule has 1 aromatic heterocycles. The van der Waals surface area contributed by atoms with Crippen LogP contribution in [-0.4, -0.2) is 22.4 Å². The lowest BCUT2D eigenvalue weighted by Gasteiger charge is -2.08. The predicted octanol–water partition coefficient (Wildman–Crippen LogP) is 4.40. The van der Waals surface area contributed by atoms with Crippen LogP contribution in [-0.2, 0) is 0 Å². The first kappa shape index (κ1) is 17.6. The molecule has 0 saturated carbocycles. The van der Waals surface area contributed by atoms with Gasteiger partial charge in [0.1, 0.15) is 10.7 Å². The van der Waals surface area contributed by atoms with Crippen LogP contribution in [0.1, 0.15) is 17.3 Å². The second-order valence-corrected chi connectivity index (χ2v) is 6.28. The molecule has 0 aliphatic heterocycles. The van der Waals surface area contributed by atoms with Crippen LogP contribution in [0, 0.1) is 10.1 Å². The van der Waals surface area contributed by atoms with Gasteiger partial charge in [-0.2, -0.15) is 0 Å². The molecule has 8 heteroatoms. The van der Waals surface area contributed by atoms with Crippen molar-refractivity contribution in [3.05, 3.63) is 69.7 Å². The monoisotopic (exact) mass is 368 g/mol. The number of carbonyl (C=O) groups excluding carboxylic acids is 1. The van der Waals surface area contributed by atoms with Crippen molar-refractivity contribution in [3.8, 4) is 10.6 Å². The van der Waals surface area contributed by atoms with Crippen LogP contribution >= 0.6 is 11.3 Å². The van der Waals surface area contributed by atoms with Crippen LogP contribution in [0.15, 0.2) is 54.0 Å². The number of amides is 1. The maximum absolute atomic E-state index is 12.4. The number of rotatable bonds is 6. The molecule has 0 unspecified atom stereocenters. The standard InChI is InChI=1S/C18H16N4O3S/c1-2-19-15-8-5-13(11-16(15)22(24)25)17(23)21-14-6-3-12(4-7-14)18-20-9-10-26-18/h3-11,19H,2H2,1H3,(H,21,23). The maximum atomic E-state index is 12.4. The zero-order chi connectivity index (χ0) is 18.5. The van der Waals surface area contributed by atoms with Crippen molar-refractivity contribution in [2.24, 2.45) is 0 Å². The minimum atomic E-state index is -0.502. The number of aromatic nitrogens is 1. The molecule has 1 heterocycles. The third-order valence-electron chi connectivity index (χ3n) is 3.65. The van der Waals surface area contributed by atoms with Crippen LogP contribution in [0.4, 0.5) is 17.1 Å². The smallest absolute Gasteiger partial charge is 0.293 e. The fourth-order valence-electron chi connectivity index (χ4n) is 2.43. The molecule has 7 nitrogen and oxygen atoms in total. The molecule has 2 aromatic carbocycles. The molecule has 0 fully saturated rings. The summed E-state index contributed by atoms with van der Waals surface area (Å²) in [7, 11) is 0. The molecule has 1 amide bonds. The number of nitro benzene ring substituents is 1. The quantitative estimate of drug-likeness (QED) is 0.496. The Hall–Kier alpha value is -3.26. The van der Waals surface area contributed by atoms with Gasteiger partial charge in [-0.25, -0.2) is 4.98 Å². The topological polar surface area (TPSA) is 97.2 Å². The van der Waals surface area contributed by atoms with Gasteiger partial charge in [0.2, 0.25) is 0 Å². The summed E-state index contributed by atoms with van der Waals surface area (Å²) >= 11 is 1.53. The molecule has 3 rings (SSSR count). The van der Waals surface area contributed by atoms with E-state index in [9.17, 15) is 14.9 Å². The van der Waals surface area contributed by atoms with E-state index in [0.29, 0.717) is 17.9 Å². The fraction of sp³-hybridized carbons (Fsp3) is 0.111. The first-order valence-electron chi connectivity index (χ1n) is 7.92. The molecule has 132 valence electrons. The van der Waals surface area contributed by atoms with E-state index in [2.05, 4.69) is 15.6 Å². The largest absolute Gasteiger partial charge is 0.380 e. The van der Waals surface area contributed by atoms with Crippen molar-refractivity contribution in [1.82, 2.24) is 4.98 Å². The van der Waals surface area contributed by atoms with Gasteiger partial charge in [-0.3, -0.25) is 14.9 Å². The first-order chi connectivity index (χ1) is 12.6. The Balaban J connectivity index is 1.77. The molecule has 0 spiro atoms. The van der Waals surface area contributed by atoms with Crippen LogP contribution in [0.5, 0.6) is 0 Å². The summed E-state index contributed by atoms with van der Waals surface area (Å²) in [4.78, 5) is 27.3. The number of anilines is 2. The maximum Gasteiger partial charge on any atom is 0.293 e. The summed E-state index contributed by atoms with van der Waals surface area (Å²) in [5.41, 5.74) is 2.06. The van der Waals surface area contributed by atoms with Crippen molar-refractivity contribution in [2.75, 3.05) is 17.2 Å². The number of benzene rings is 2. The normalized spacial score (nSPS) is 10.3. The summed E-state index contributed by atoms with van der Waals surface area (Å²) in [6.07, 6.45) is 1.74. The van der Waals surface area contributed by atoms with Gasteiger partial charge in [-0.15, -0.1) is 11.3 Å². The van der Waals surface area contributed by atoms with Crippen LogP contribution in [0.3, 0.4) is 0 Å². The van der Waals surface area contributed by atoms with Gasteiger partial charge >= 0.3 is 0 Å². The van der Waals surface area contributed by atoms with Gasteiger partial charge in [-0.05, 0) is 43.3 Å². The van der Waals surface area contributed by atoms with E-state index in [1.54, 1.807) is 30.5 Å². The van der Waals surface area contributed by atoms with Crippen LogP contribution < -0.4 is 10.6 Å². The van der Waals surface area contributed by atoms with E-state index in [4.69, 9.17) is 0 Å². The number of nitrogens with zero attached hydrogens (tertiary/aromatic N) is 2. The van der Waals surface area contributed by atoms with Crippen molar-refractivity contribution < 1.29 is 9.72 Å². The van der Waals surface area contributed by atoms with Gasteiger partial charge in [-0.1, -0.05) is 0 Å². The average Bonchev–Trinajstić information content (AvgIpc) is 3.17. The van der Waals surface area contributed by atoms with E-state index in [1.807, 2.05) is 24.4 Å². The summed E-state index contributed by atoms with van der Waals surface area (Å²) in [5, 5.41) is 19.7. The molecule has 2 N–H and O–H groups in total. The zero-order valence-corrected chi connectivity index (χ0v) is 14.7. The summed E-state index contributed by atoms with van der Waals surface area (Å²) in [6, 6.07) is 11.7. The van der Waals surface area contributed by atoms with Crippen molar-refractivity contribution in [1.29, 1.82) is 0 Å². The Morgan fingerprint density at radius 1 is 1.23 bits per heavy atom. The van der Waals surface area contributed by atoms with E-state index >= 15 is 0 Å². The summed E-state index contributed by atoms with van der Waals surface area (Å²) in [6.45, 7) is 2.40. The molecule has 0 aliphatic carbocycles. The number of nitro groups is 1. The molecular weight excluding hydrogens is 352 g/mol. The van der Waals surface area contributed by atoms with Crippen LogP contribution in [0.25, 0.3) is 10.6 Å². The highest BCUT2D eigenvalue weighted by Gasteiger charge is 2.17. The van der Waals surface area contributed by atoms with Gasteiger partial charge in [0, 0.05) is 41.0 Å². The number of hydrogen-bond donors (Lipinski definition) is 2. The van der Waals surface area contributed by atoms with Crippen LogP contribution in [0.2, 0.25) is 0 Å². The minimum absolute atomic E-state index is 0.126. The van der Waals surface area contributed by atoms with E-state index in [0.717, 1.165) is 10.6 Å². The van der Waals surface area contributed by atoms with Crippen molar-refractivity contribution >= 4 is 34.3 Å². The predicted molar refractivity (Wildman–Crippen MR) is 103 cm³/mol. The zero-order valence-electron chi connectivity index (χ0n) is 13.9. The van der Waals surface area contributed by atoms with E-state index in [1.165, 1.54) is 17.4 Å². The third kappa shape index (κ3) is 3.86. The molecule has 0 radical (unpaired) electrons.